The van der Waals surface area contributed by atoms with Gasteiger partial charge in [-0.3, -0.25) is 0 Å². The van der Waals surface area contributed by atoms with Gasteiger partial charge in [0.15, 0.2) is 0 Å². The van der Waals surface area contributed by atoms with E-state index in [2.05, 4.69) is 0 Å². The monoisotopic (exact) mass is 225 g/mol. The van der Waals surface area contributed by atoms with Crippen molar-refractivity contribution in [3.63, 3.8) is 0 Å². The van der Waals surface area contributed by atoms with E-state index in [1.807, 2.05) is 24.3 Å². The van der Waals surface area contributed by atoms with Crippen LogP contribution in [0.1, 0.15) is 19.3 Å². The summed E-state index contributed by atoms with van der Waals surface area (Å²) in [5, 5.41) is 0.670. The zero-order valence-corrected chi connectivity index (χ0v) is 9.46. The smallest absolute Gasteiger partial charge is 0.137 e. The van der Waals surface area contributed by atoms with Gasteiger partial charge >= 0.3 is 0 Å². The highest BCUT2D eigenvalue weighted by Crippen LogP contribution is 2.40. The minimum absolute atomic E-state index is 0.208. The van der Waals surface area contributed by atoms with E-state index in [4.69, 9.17) is 22.1 Å². The Morgan fingerprint density at radius 1 is 1.33 bits per heavy atom. The summed E-state index contributed by atoms with van der Waals surface area (Å²) in [5.74, 6) is 0.763. The molecule has 1 fully saturated rings. The fourth-order valence-electron chi connectivity index (χ4n) is 1.88. The van der Waals surface area contributed by atoms with Gasteiger partial charge in [0.1, 0.15) is 5.75 Å². The predicted molar refractivity (Wildman–Crippen MR) is 62.3 cm³/mol. The second-order valence-electron chi connectivity index (χ2n) is 4.28. The van der Waals surface area contributed by atoms with E-state index in [0.717, 1.165) is 5.75 Å². The zero-order chi connectivity index (χ0) is 10.7. The lowest BCUT2D eigenvalue weighted by Gasteiger charge is -2.40. The third-order valence-electron chi connectivity index (χ3n) is 3.22. The van der Waals surface area contributed by atoms with Crippen LogP contribution in [0.15, 0.2) is 24.3 Å². The Morgan fingerprint density at radius 2 is 2.07 bits per heavy atom. The van der Waals surface area contributed by atoms with Gasteiger partial charge in [0.05, 0.1) is 11.6 Å². The maximum atomic E-state index is 6.00. The van der Waals surface area contributed by atoms with E-state index < -0.39 is 0 Å². The van der Waals surface area contributed by atoms with Gasteiger partial charge in [-0.2, -0.15) is 0 Å². The molecule has 1 aromatic carbocycles. The van der Waals surface area contributed by atoms with Gasteiger partial charge in [0, 0.05) is 12.0 Å². The molecule has 3 heteroatoms. The van der Waals surface area contributed by atoms with Gasteiger partial charge in [-0.1, -0.05) is 30.2 Å². The van der Waals surface area contributed by atoms with Gasteiger partial charge in [-0.15, -0.1) is 0 Å². The van der Waals surface area contributed by atoms with Crippen molar-refractivity contribution in [3.8, 4) is 5.75 Å². The highest BCUT2D eigenvalue weighted by molar-refractivity contribution is 6.32. The van der Waals surface area contributed by atoms with Crippen molar-refractivity contribution in [1.29, 1.82) is 0 Å². The normalized spacial score (nSPS) is 18.3. The van der Waals surface area contributed by atoms with Gasteiger partial charge < -0.3 is 10.5 Å². The third kappa shape index (κ3) is 2.27. The Labute approximate surface area is 95.4 Å². The second kappa shape index (κ2) is 4.42. The van der Waals surface area contributed by atoms with Crippen LogP contribution in [-0.4, -0.2) is 13.2 Å². The van der Waals surface area contributed by atoms with E-state index in [-0.39, 0.29) is 5.41 Å². The summed E-state index contributed by atoms with van der Waals surface area (Å²) in [7, 11) is 0. The Balaban J connectivity index is 1.95. The van der Waals surface area contributed by atoms with Crippen LogP contribution in [0.2, 0.25) is 5.02 Å². The second-order valence-corrected chi connectivity index (χ2v) is 4.68. The molecule has 2 N–H and O–H groups in total. The van der Waals surface area contributed by atoms with Crippen molar-refractivity contribution < 1.29 is 4.74 Å². The molecule has 0 spiro atoms. The van der Waals surface area contributed by atoms with Gasteiger partial charge in [-0.25, -0.2) is 0 Å². The molecule has 15 heavy (non-hydrogen) atoms. The fourth-order valence-corrected chi connectivity index (χ4v) is 2.07. The molecule has 1 saturated carbocycles. The number of hydrogen-bond acceptors (Lipinski definition) is 2. The van der Waals surface area contributed by atoms with Crippen molar-refractivity contribution in [2.24, 2.45) is 11.1 Å². The largest absolute Gasteiger partial charge is 0.491 e. The molecule has 0 aliphatic heterocycles. The molecule has 1 aliphatic rings. The maximum Gasteiger partial charge on any atom is 0.137 e. The van der Waals surface area contributed by atoms with Crippen molar-refractivity contribution in [2.75, 3.05) is 13.2 Å². The summed E-state index contributed by atoms with van der Waals surface area (Å²) in [6, 6.07) is 7.56. The van der Waals surface area contributed by atoms with E-state index in [9.17, 15) is 0 Å². The molecule has 0 saturated heterocycles. The van der Waals surface area contributed by atoms with Gasteiger partial charge in [-0.05, 0) is 25.0 Å². The first kappa shape index (κ1) is 10.8. The maximum absolute atomic E-state index is 6.00. The highest BCUT2D eigenvalue weighted by Gasteiger charge is 2.36. The summed E-state index contributed by atoms with van der Waals surface area (Å²) < 4.78 is 5.72. The molecule has 0 heterocycles. The van der Waals surface area contributed by atoms with Crippen molar-refractivity contribution in [3.05, 3.63) is 29.3 Å². The number of benzene rings is 1. The van der Waals surface area contributed by atoms with Gasteiger partial charge in [0.25, 0.3) is 0 Å². The topological polar surface area (TPSA) is 35.2 Å². The van der Waals surface area contributed by atoms with E-state index >= 15 is 0 Å². The standard InChI is InChI=1S/C12H16ClNO/c13-10-4-1-2-5-11(10)15-9-12(8-14)6-3-7-12/h1-2,4-5H,3,6-9,14H2. The minimum atomic E-state index is 0.208. The molecular weight excluding hydrogens is 210 g/mol. The summed E-state index contributed by atoms with van der Waals surface area (Å²) >= 11 is 6.00. The average molecular weight is 226 g/mol. The van der Waals surface area contributed by atoms with Crippen molar-refractivity contribution in [1.82, 2.24) is 0 Å². The quantitative estimate of drug-likeness (QED) is 0.855. The van der Waals surface area contributed by atoms with E-state index in [0.29, 0.717) is 18.2 Å². The Bertz CT molecular complexity index is 331. The molecular formula is C12H16ClNO. The van der Waals surface area contributed by atoms with Crippen LogP contribution in [0.3, 0.4) is 0 Å². The molecule has 0 aromatic heterocycles. The SMILES string of the molecule is NCC1(COc2ccccc2Cl)CCC1. The number of nitrogens with two attached hydrogens (primary N) is 1. The predicted octanol–water partition coefficient (Wildman–Crippen LogP) is 2.85. The van der Waals surface area contributed by atoms with Crippen LogP contribution in [-0.2, 0) is 0 Å². The molecule has 0 atom stereocenters. The molecule has 2 rings (SSSR count). The molecule has 1 aliphatic carbocycles. The Hall–Kier alpha value is -0.730. The van der Waals surface area contributed by atoms with Crippen LogP contribution in [0.4, 0.5) is 0 Å². The van der Waals surface area contributed by atoms with E-state index in [1.165, 1.54) is 19.3 Å². The molecule has 2 nitrogen and oxygen atoms in total. The number of halogens is 1. The van der Waals surface area contributed by atoms with Crippen molar-refractivity contribution >= 4 is 11.6 Å². The highest BCUT2D eigenvalue weighted by atomic mass is 35.5. The van der Waals surface area contributed by atoms with Crippen LogP contribution < -0.4 is 10.5 Å². The summed E-state index contributed by atoms with van der Waals surface area (Å²) in [4.78, 5) is 0. The lowest BCUT2D eigenvalue weighted by molar-refractivity contribution is 0.0668. The average Bonchev–Trinajstić information content (AvgIpc) is 2.19. The lowest BCUT2D eigenvalue weighted by atomic mass is 9.69. The number of para-hydroxylation sites is 1. The number of ether oxygens (including phenoxy) is 1. The summed E-state index contributed by atoms with van der Waals surface area (Å²) in [6.07, 6.45) is 3.62. The summed E-state index contributed by atoms with van der Waals surface area (Å²) in [6.45, 7) is 1.39. The summed E-state index contributed by atoms with van der Waals surface area (Å²) in [5.41, 5.74) is 5.97. The zero-order valence-electron chi connectivity index (χ0n) is 8.71. The third-order valence-corrected chi connectivity index (χ3v) is 3.53. The van der Waals surface area contributed by atoms with Crippen LogP contribution in [0, 0.1) is 5.41 Å². The molecule has 0 unspecified atom stereocenters. The Morgan fingerprint density at radius 3 is 2.60 bits per heavy atom. The van der Waals surface area contributed by atoms with Crippen molar-refractivity contribution in [2.45, 2.75) is 19.3 Å². The molecule has 0 bridgehead atoms. The first-order valence-corrected chi connectivity index (χ1v) is 5.71. The first-order valence-electron chi connectivity index (χ1n) is 5.33. The van der Waals surface area contributed by atoms with Crippen LogP contribution in [0.25, 0.3) is 0 Å². The Kier molecular flexibility index (Phi) is 3.17. The first-order chi connectivity index (χ1) is 7.26. The fraction of sp³-hybridized carbons (Fsp3) is 0.500. The number of hydrogen-bond donors (Lipinski definition) is 1. The lowest BCUT2D eigenvalue weighted by Crippen LogP contribution is -2.42. The van der Waals surface area contributed by atoms with Crippen LogP contribution in [0.5, 0.6) is 5.75 Å². The minimum Gasteiger partial charge on any atom is -0.491 e. The van der Waals surface area contributed by atoms with E-state index in [1.54, 1.807) is 0 Å². The van der Waals surface area contributed by atoms with Gasteiger partial charge in [0.2, 0.25) is 0 Å². The van der Waals surface area contributed by atoms with Crippen LogP contribution >= 0.6 is 11.6 Å². The molecule has 0 radical (unpaired) electrons. The molecule has 82 valence electrons. The number of rotatable bonds is 4. The molecule has 0 amide bonds. The molecule has 1 aromatic rings.